The summed E-state index contributed by atoms with van der Waals surface area (Å²) in [4.78, 5) is 2.41. The first kappa shape index (κ1) is 14.2. The molecule has 2 heterocycles. The molecule has 0 bridgehead atoms. The molecule has 0 spiro atoms. The van der Waals surface area contributed by atoms with Crippen LogP contribution in [-0.4, -0.2) is 35.8 Å². The van der Waals surface area contributed by atoms with Crippen molar-refractivity contribution in [3.8, 4) is 5.75 Å². The lowest BCUT2D eigenvalue weighted by atomic mass is 9.94. The lowest BCUT2D eigenvalue weighted by Crippen LogP contribution is -2.42. The third-order valence-electron chi connectivity index (χ3n) is 4.38. The normalized spacial score (nSPS) is 27.6. The van der Waals surface area contributed by atoms with Crippen molar-refractivity contribution in [1.82, 2.24) is 4.90 Å². The van der Waals surface area contributed by atoms with Gasteiger partial charge in [-0.05, 0) is 50.6 Å². The molecule has 1 N–H and O–H groups in total. The highest BCUT2D eigenvalue weighted by Crippen LogP contribution is 2.40. The van der Waals surface area contributed by atoms with Gasteiger partial charge in [-0.25, -0.2) is 0 Å². The van der Waals surface area contributed by atoms with Gasteiger partial charge in [0.25, 0.3) is 0 Å². The van der Waals surface area contributed by atoms with Crippen LogP contribution in [0.2, 0.25) is 5.02 Å². The number of rotatable bonds is 1. The highest BCUT2D eigenvalue weighted by molar-refractivity contribution is 6.30. The quantitative estimate of drug-likeness (QED) is 0.863. The van der Waals surface area contributed by atoms with Gasteiger partial charge >= 0.3 is 0 Å². The smallest absolute Gasteiger partial charge is 0.127 e. The fourth-order valence-corrected chi connectivity index (χ4v) is 3.73. The van der Waals surface area contributed by atoms with Crippen LogP contribution in [0.15, 0.2) is 12.1 Å². The molecule has 0 saturated carbocycles. The molecule has 20 heavy (non-hydrogen) atoms. The Kier molecular flexibility index (Phi) is 4.20. The molecule has 2 aliphatic heterocycles. The molecule has 2 aliphatic rings. The van der Waals surface area contributed by atoms with Crippen LogP contribution in [-0.2, 0) is 0 Å². The number of hydrogen-bond acceptors (Lipinski definition) is 3. The SMILES string of the molecule is Cc1cc(Cl)cc2c1OCC(O)C2N1CCCCCC1. The minimum absolute atomic E-state index is 0.0225. The second-order valence-electron chi connectivity index (χ2n) is 5.91. The molecule has 3 rings (SSSR count). The minimum Gasteiger partial charge on any atom is -0.490 e. The maximum atomic E-state index is 10.4. The lowest BCUT2D eigenvalue weighted by Gasteiger charge is -2.39. The molecule has 110 valence electrons. The fourth-order valence-electron chi connectivity index (χ4n) is 3.45. The number of likely N-dealkylation sites (tertiary alicyclic amines) is 1. The van der Waals surface area contributed by atoms with Gasteiger partial charge in [0.2, 0.25) is 0 Å². The first-order valence-electron chi connectivity index (χ1n) is 7.52. The number of halogens is 1. The standard InChI is InChI=1S/C16H22ClNO2/c1-11-8-12(17)9-13-15(14(19)10-20-16(11)13)18-6-4-2-3-5-7-18/h8-9,14-15,19H,2-7,10H2,1H3. The Labute approximate surface area is 125 Å². The van der Waals surface area contributed by atoms with Gasteiger partial charge in [-0.1, -0.05) is 24.4 Å². The van der Waals surface area contributed by atoms with Gasteiger partial charge in [0.05, 0.1) is 6.04 Å². The number of aryl methyl sites for hydroxylation is 1. The molecule has 0 amide bonds. The number of ether oxygens (including phenoxy) is 1. The molecular formula is C16H22ClNO2. The Morgan fingerprint density at radius 3 is 2.60 bits per heavy atom. The van der Waals surface area contributed by atoms with Crippen LogP contribution < -0.4 is 4.74 Å². The Morgan fingerprint density at radius 1 is 1.20 bits per heavy atom. The number of fused-ring (bicyclic) bond motifs is 1. The highest BCUT2D eigenvalue weighted by atomic mass is 35.5. The average Bonchev–Trinajstić information content (AvgIpc) is 2.67. The Bertz CT molecular complexity index is 484. The van der Waals surface area contributed by atoms with Gasteiger partial charge < -0.3 is 9.84 Å². The first-order valence-corrected chi connectivity index (χ1v) is 7.89. The van der Waals surface area contributed by atoms with Crippen LogP contribution in [0.4, 0.5) is 0 Å². The third kappa shape index (κ3) is 2.67. The van der Waals surface area contributed by atoms with Crippen LogP contribution in [0.25, 0.3) is 0 Å². The summed E-state index contributed by atoms with van der Waals surface area (Å²) in [6.07, 6.45) is 4.52. The lowest BCUT2D eigenvalue weighted by molar-refractivity contribution is 0.000815. The van der Waals surface area contributed by atoms with Gasteiger partial charge in [0, 0.05) is 10.6 Å². The molecule has 3 nitrogen and oxygen atoms in total. The summed E-state index contributed by atoms with van der Waals surface area (Å²) in [6, 6.07) is 3.91. The second kappa shape index (κ2) is 5.92. The molecule has 0 aromatic heterocycles. The van der Waals surface area contributed by atoms with Crippen molar-refractivity contribution in [2.24, 2.45) is 0 Å². The van der Waals surface area contributed by atoms with Gasteiger partial charge in [-0.15, -0.1) is 0 Å². The molecule has 1 fully saturated rings. The van der Waals surface area contributed by atoms with E-state index in [9.17, 15) is 5.11 Å². The second-order valence-corrected chi connectivity index (χ2v) is 6.35. The number of aliphatic hydroxyl groups is 1. The minimum atomic E-state index is -0.474. The van der Waals surface area contributed by atoms with E-state index in [1.807, 2.05) is 19.1 Å². The van der Waals surface area contributed by atoms with E-state index in [1.54, 1.807) is 0 Å². The molecule has 1 aromatic rings. The van der Waals surface area contributed by atoms with Crippen LogP contribution in [0.1, 0.15) is 42.9 Å². The van der Waals surface area contributed by atoms with Crippen molar-refractivity contribution in [3.63, 3.8) is 0 Å². The number of hydrogen-bond donors (Lipinski definition) is 1. The summed E-state index contributed by atoms with van der Waals surface area (Å²) in [5.41, 5.74) is 2.11. The number of aliphatic hydroxyl groups excluding tert-OH is 1. The summed E-state index contributed by atoms with van der Waals surface area (Å²) in [5.74, 6) is 0.911. The zero-order valence-corrected chi connectivity index (χ0v) is 12.7. The molecule has 1 aromatic carbocycles. The summed E-state index contributed by atoms with van der Waals surface area (Å²) in [6.45, 7) is 4.48. The molecule has 0 aliphatic carbocycles. The zero-order chi connectivity index (χ0) is 14.1. The Hall–Kier alpha value is -0.770. The van der Waals surface area contributed by atoms with Crippen molar-refractivity contribution in [3.05, 3.63) is 28.3 Å². The summed E-state index contributed by atoms with van der Waals surface area (Å²) >= 11 is 6.21. The summed E-state index contributed by atoms with van der Waals surface area (Å²) < 4.78 is 5.74. The molecule has 4 heteroatoms. The van der Waals surface area contributed by atoms with Gasteiger partial charge in [-0.2, -0.15) is 0 Å². The van der Waals surface area contributed by atoms with E-state index in [4.69, 9.17) is 16.3 Å². The van der Waals surface area contributed by atoms with Crippen molar-refractivity contribution >= 4 is 11.6 Å². The van der Waals surface area contributed by atoms with Gasteiger partial charge in [0.15, 0.2) is 0 Å². The maximum Gasteiger partial charge on any atom is 0.127 e. The average molecular weight is 296 g/mol. The van der Waals surface area contributed by atoms with E-state index in [0.29, 0.717) is 6.61 Å². The van der Waals surface area contributed by atoms with Crippen LogP contribution in [0, 0.1) is 6.92 Å². The molecule has 0 radical (unpaired) electrons. The van der Waals surface area contributed by atoms with E-state index in [-0.39, 0.29) is 6.04 Å². The Balaban J connectivity index is 1.98. The van der Waals surface area contributed by atoms with Crippen molar-refractivity contribution in [2.45, 2.75) is 44.8 Å². The predicted octanol–water partition coefficient (Wildman–Crippen LogP) is 3.32. The largest absolute Gasteiger partial charge is 0.490 e. The van der Waals surface area contributed by atoms with Gasteiger partial charge in [-0.3, -0.25) is 4.90 Å². The van der Waals surface area contributed by atoms with Crippen molar-refractivity contribution in [2.75, 3.05) is 19.7 Å². The third-order valence-corrected chi connectivity index (χ3v) is 4.60. The molecular weight excluding hydrogens is 274 g/mol. The van der Waals surface area contributed by atoms with E-state index in [1.165, 1.54) is 25.7 Å². The van der Waals surface area contributed by atoms with E-state index in [2.05, 4.69) is 4.90 Å². The van der Waals surface area contributed by atoms with Crippen LogP contribution in [0.3, 0.4) is 0 Å². The van der Waals surface area contributed by atoms with E-state index >= 15 is 0 Å². The molecule has 1 saturated heterocycles. The molecule has 2 atom stereocenters. The topological polar surface area (TPSA) is 32.7 Å². The maximum absolute atomic E-state index is 10.4. The van der Waals surface area contributed by atoms with Crippen molar-refractivity contribution < 1.29 is 9.84 Å². The highest BCUT2D eigenvalue weighted by Gasteiger charge is 2.35. The fraction of sp³-hybridized carbons (Fsp3) is 0.625. The van der Waals surface area contributed by atoms with Gasteiger partial charge in [0.1, 0.15) is 18.5 Å². The zero-order valence-electron chi connectivity index (χ0n) is 11.9. The number of benzene rings is 1. The first-order chi connectivity index (χ1) is 9.66. The van der Waals surface area contributed by atoms with Crippen molar-refractivity contribution in [1.29, 1.82) is 0 Å². The molecule has 2 unspecified atom stereocenters. The van der Waals surface area contributed by atoms with Crippen LogP contribution in [0.5, 0.6) is 5.75 Å². The summed E-state index contributed by atoms with van der Waals surface area (Å²) in [7, 11) is 0. The van der Waals surface area contributed by atoms with E-state index < -0.39 is 6.10 Å². The van der Waals surface area contributed by atoms with E-state index in [0.717, 1.165) is 35.0 Å². The predicted molar refractivity (Wildman–Crippen MR) is 80.5 cm³/mol. The van der Waals surface area contributed by atoms with Crippen LogP contribution >= 0.6 is 11.6 Å². The number of nitrogens with zero attached hydrogens (tertiary/aromatic N) is 1. The monoisotopic (exact) mass is 295 g/mol. The Morgan fingerprint density at radius 2 is 1.90 bits per heavy atom. The summed E-state index contributed by atoms with van der Waals surface area (Å²) in [5, 5.41) is 11.2.